The molecule has 0 heterocycles. The van der Waals surface area contributed by atoms with Crippen LogP contribution in [0.15, 0.2) is 18.2 Å². The van der Waals surface area contributed by atoms with Gasteiger partial charge in [0.15, 0.2) is 0 Å². The van der Waals surface area contributed by atoms with Crippen LogP contribution in [0.3, 0.4) is 0 Å². The van der Waals surface area contributed by atoms with Crippen molar-refractivity contribution in [2.24, 2.45) is 0 Å². The second kappa shape index (κ2) is 6.37. The predicted molar refractivity (Wildman–Crippen MR) is 58.5 cm³/mol. The van der Waals surface area contributed by atoms with Gasteiger partial charge in [-0.3, -0.25) is 4.79 Å². The van der Waals surface area contributed by atoms with Gasteiger partial charge in [-0.15, -0.1) is 0 Å². The molecule has 0 aliphatic rings. The van der Waals surface area contributed by atoms with Gasteiger partial charge in [-0.25, -0.2) is 4.39 Å². The lowest BCUT2D eigenvalue weighted by atomic mass is 10.1. The van der Waals surface area contributed by atoms with E-state index >= 15 is 0 Å². The van der Waals surface area contributed by atoms with Crippen molar-refractivity contribution in [3.05, 3.63) is 35.1 Å². The Hall–Kier alpha value is -1.59. The molecule has 0 spiro atoms. The highest BCUT2D eigenvalue weighted by atomic mass is 19.4. The Morgan fingerprint density at radius 1 is 1.33 bits per heavy atom. The molecule has 0 bridgehead atoms. The highest BCUT2D eigenvalue weighted by Crippen LogP contribution is 2.30. The Morgan fingerprint density at radius 3 is 2.39 bits per heavy atom. The zero-order valence-electron chi connectivity index (χ0n) is 8.97. The van der Waals surface area contributed by atoms with Gasteiger partial charge in [0, 0.05) is 0 Å². The van der Waals surface area contributed by atoms with E-state index in [2.05, 4.69) is 4.74 Å². The maximum absolute atomic E-state index is 13.3. The van der Waals surface area contributed by atoms with Gasteiger partial charge in [0.2, 0.25) is 0 Å². The van der Waals surface area contributed by atoms with E-state index in [1.54, 1.807) is 6.92 Å². The molecule has 0 unspecified atom stereocenters. The van der Waals surface area contributed by atoms with Gasteiger partial charge in [0.05, 0.1) is 18.6 Å². The maximum atomic E-state index is 13.3. The molecule has 0 aliphatic heterocycles. The quantitative estimate of drug-likeness (QED) is 0.617. The molecule has 1 aromatic rings. The Balaban J connectivity index is 0.00000289. The van der Waals surface area contributed by atoms with Gasteiger partial charge >= 0.3 is 12.1 Å². The lowest BCUT2D eigenvalue weighted by Gasteiger charge is -2.08. The minimum atomic E-state index is -4.59. The van der Waals surface area contributed by atoms with Crippen molar-refractivity contribution in [3.63, 3.8) is 0 Å². The maximum Gasteiger partial charge on any atom is 0.416 e. The molecule has 6 heteroatoms. The summed E-state index contributed by atoms with van der Waals surface area (Å²) in [5.74, 6) is -1.74. The molecule has 0 saturated heterocycles. The zero-order chi connectivity index (χ0) is 13.1. The Bertz CT molecular complexity index is 413. The van der Waals surface area contributed by atoms with Crippen LogP contribution in [0.2, 0.25) is 0 Å². The average molecular weight is 266 g/mol. The average Bonchev–Trinajstić information content (AvgIpc) is 2.20. The molecule has 1 aromatic carbocycles. The third-order valence-electron chi connectivity index (χ3n) is 2.02. The second-order valence-electron chi connectivity index (χ2n) is 3.29. The van der Waals surface area contributed by atoms with E-state index in [9.17, 15) is 22.4 Å². The minimum absolute atomic E-state index is 0. The van der Waals surface area contributed by atoms with E-state index in [4.69, 9.17) is 0 Å². The van der Waals surface area contributed by atoms with Gasteiger partial charge in [-0.05, 0) is 24.6 Å². The van der Waals surface area contributed by atoms with Crippen LogP contribution in [0.1, 0.15) is 25.5 Å². The van der Waals surface area contributed by atoms with Gasteiger partial charge in [0.25, 0.3) is 0 Å². The van der Waals surface area contributed by atoms with Crippen LogP contribution in [-0.4, -0.2) is 12.6 Å². The van der Waals surface area contributed by atoms with Crippen LogP contribution < -0.4 is 0 Å². The van der Waals surface area contributed by atoms with Crippen molar-refractivity contribution < 1.29 is 27.1 Å². The first-order chi connectivity index (χ1) is 7.84. The third-order valence-corrected chi connectivity index (χ3v) is 2.02. The summed E-state index contributed by atoms with van der Waals surface area (Å²) in [4.78, 5) is 11.0. The third kappa shape index (κ3) is 4.35. The van der Waals surface area contributed by atoms with Crippen molar-refractivity contribution in [2.45, 2.75) is 26.9 Å². The topological polar surface area (TPSA) is 26.3 Å². The first kappa shape index (κ1) is 16.4. The zero-order valence-corrected chi connectivity index (χ0v) is 8.97. The summed E-state index contributed by atoms with van der Waals surface area (Å²) < 4.78 is 54.5. The number of benzene rings is 1. The first-order valence-electron chi connectivity index (χ1n) is 4.86. The molecule has 0 radical (unpaired) electrons. The number of carbonyl (C=O) groups excluding carboxylic acids is 1. The van der Waals surface area contributed by atoms with Crippen molar-refractivity contribution in [1.29, 1.82) is 0 Å². The van der Waals surface area contributed by atoms with E-state index in [1.807, 2.05) is 0 Å². The number of esters is 1. The van der Waals surface area contributed by atoms with E-state index in [1.165, 1.54) is 0 Å². The molecule has 0 aromatic heterocycles. The van der Waals surface area contributed by atoms with Crippen LogP contribution in [0.25, 0.3) is 0 Å². The van der Waals surface area contributed by atoms with Crippen LogP contribution in [0, 0.1) is 5.82 Å². The smallest absolute Gasteiger partial charge is 0.416 e. The molecule has 18 heavy (non-hydrogen) atoms. The van der Waals surface area contributed by atoms with Crippen molar-refractivity contribution >= 4 is 5.97 Å². The summed E-state index contributed by atoms with van der Waals surface area (Å²) in [5, 5.41) is 0. The van der Waals surface area contributed by atoms with Gasteiger partial charge in [-0.1, -0.05) is 13.5 Å². The molecule has 102 valence electrons. The van der Waals surface area contributed by atoms with E-state index in [0.717, 1.165) is 12.1 Å². The molecular weight excluding hydrogens is 252 g/mol. The van der Waals surface area contributed by atoms with Crippen molar-refractivity contribution in [3.8, 4) is 0 Å². The lowest BCUT2D eigenvalue weighted by Crippen LogP contribution is -2.10. The van der Waals surface area contributed by atoms with Gasteiger partial charge in [0.1, 0.15) is 5.82 Å². The number of ether oxygens (including phenoxy) is 1. The van der Waals surface area contributed by atoms with Gasteiger partial charge in [-0.2, -0.15) is 13.2 Å². The fourth-order valence-electron chi connectivity index (χ4n) is 1.23. The number of rotatable bonds is 3. The molecule has 0 aliphatic carbocycles. The van der Waals surface area contributed by atoms with E-state index in [0.29, 0.717) is 6.07 Å². The standard InChI is InChI=1S/C11H10F4O2.CH4/c1-2-17-10(16)5-7-3-4-8(6-9(7)12)11(13,14)15;/h3-4,6H,2,5H2,1H3;1H4. The SMILES string of the molecule is C.CCOC(=O)Cc1ccc(C(F)(F)F)cc1F. The molecule has 0 amide bonds. The summed E-state index contributed by atoms with van der Waals surface area (Å²) >= 11 is 0. The number of hydrogen-bond donors (Lipinski definition) is 0. The second-order valence-corrected chi connectivity index (χ2v) is 3.29. The molecule has 0 atom stereocenters. The Morgan fingerprint density at radius 2 is 1.94 bits per heavy atom. The summed E-state index contributed by atoms with van der Waals surface area (Å²) in [5.41, 5.74) is -1.20. The molecule has 0 saturated carbocycles. The fraction of sp³-hybridized carbons (Fsp3) is 0.417. The number of halogens is 4. The van der Waals surface area contributed by atoms with Crippen molar-refractivity contribution in [2.75, 3.05) is 6.61 Å². The Kier molecular flexibility index (Phi) is 5.81. The largest absolute Gasteiger partial charge is 0.466 e. The number of alkyl halides is 3. The first-order valence-corrected chi connectivity index (χ1v) is 4.86. The Labute approximate surface area is 103 Å². The van der Waals surface area contributed by atoms with E-state index < -0.39 is 23.5 Å². The normalized spacial score (nSPS) is 10.7. The lowest BCUT2D eigenvalue weighted by molar-refractivity contribution is -0.142. The van der Waals surface area contributed by atoms with E-state index in [-0.39, 0.29) is 26.0 Å². The molecular formula is C12H14F4O2. The summed E-state index contributed by atoms with van der Waals surface area (Å²) in [6.07, 6.45) is -4.97. The summed E-state index contributed by atoms with van der Waals surface area (Å²) in [7, 11) is 0. The minimum Gasteiger partial charge on any atom is -0.466 e. The van der Waals surface area contributed by atoms with Crippen LogP contribution in [-0.2, 0) is 22.1 Å². The number of carbonyl (C=O) groups is 1. The van der Waals surface area contributed by atoms with Crippen LogP contribution in [0.4, 0.5) is 17.6 Å². The highest BCUT2D eigenvalue weighted by Gasteiger charge is 2.31. The predicted octanol–water partition coefficient (Wildman–Crippen LogP) is 3.59. The molecule has 0 fully saturated rings. The summed E-state index contributed by atoms with van der Waals surface area (Å²) in [6.45, 7) is 1.72. The summed E-state index contributed by atoms with van der Waals surface area (Å²) in [6, 6.07) is 2.04. The number of hydrogen-bond acceptors (Lipinski definition) is 2. The molecule has 0 N–H and O–H groups in total. The van der Waals surface area contributed by atoms with Crippen LogP contribution in [0.5, 0.6) is 0 Å². The monoisotopic (exact) mass is 266 g/mol. The van der Waals surface area contributed by atoms with Crippen molar-refractivity contribution in [1.82, 2.24) is 0 Å². The fourth-order valence-corrected chi connectivity index (χ4v) is 1.23. The van der Waals surface area contributed by atoms with Crippen LogP contribution >= 0.6 is 0 Å². The molecule has 1 rings (SSSR count). The molecule has 2 nitrogen and oxygen atoms in total. The highest BCUT2D eigenvalue weighted by molar-refractivity contribution is 5.72. The van der Waals surface area contributed by atoms with Gasteiger partial charge < -0.3 is 4.74 Å².